The summed E-state index contributed by atoms with van der Waals surface area (Å²) in [6, 6.07) is 0. The fourth-order valence-electron chi connectivity index (χ4n) is 0.154. The summed E-state index contributed by atoms with van der Waals surface area (Å²) in [6.45, 7) is 0. The van der Waals surface area contributed by atoms with Gasteiger partial charge in [0, 0.05) is 0 Å². The Balaban J connectivity index is 0. The zero-order chi connectivity index (χ0) is 6.62. The molecule has 0 N–H and O–H groups in total. The van der Waals surface area contributed by atoms with Gasteiger partial charge in [-0.1, -0.05) is 0 Å². The molecule has 0 fully saturated rings. The van der Waals surface area contributed by atoms with Crippen LogP contribution in [0.15, 0.2) is 12.4 Å². The summed E-state index contributed by atoms with van der Waals surface area (Å²) in [5.74, 6) is -0.774. The molecule has 0 saturated heterocycles. The maximum Gasteiger partial charge on any atom is 1.00 e. The van der Waals surface area contributed by atoms with Crippen LogP contribution in [0.3, 0.4) is 0 Å². The molecule has 0 amide bonds. The van der Waals surface area contributed by atoms with Crippen LogP contribution in [0.5, 0.6) is 0 Å². The molecule has 0 bridgehead atoms. The van der Waals surface area contributed by atoms with Crippen molar-refractivity contribution in [1.29, 1.82) is 0 Å². The quantitative estimate of drug-likeness (QED) is 0.335. The van der Waals surface area contributed by atoms with Gasteiger partial charge < -0.3 is 4.55 Å². The molecule has 0 aliphatic heterocycles. The predicted octanol–water partition coefficient (Wildman–Crippen LogP) is -2.98. The summed E-state index contributed by atoms with van der Waals surface area (Å²) in [6.07, 6.45) is 0.664. The van der Waals surface area contributed by atoms with Gasteiger partial charge in [-0.15, -0.1) is 0 Å². The van der Waals surface area contributed by atoms with Crippen LogP contribution in [-0.4, -0.2) is 18.7 Å². The zero-order valence-electron chi connectivity index (χ0n) is 4.87. The van der Waals surface area contributed by atoms with Crippen LogP contribution >= 0.6 is 0 Å². The van der Waals surface area contributed by atoms with E-state index in [0.717, 1.165) is 0 Å². The molecule has 0 aliphatic carbocycles. The maximum atomic E-state index is 10.9. The van der Waals surface area contributed by atoms with Crippen LogP contribution in [0.25, 0.3) is 0 Å². The minimum absolute atomic E-state index is 0. The first-order valence-corrected chi connectivity index (χ1v) is 3.33. The Hall–Kier alpha value is 1.22. The molecule has 6 heteroatoms. The van der Waals surface area contributed by atoms with Crippen molar-refractivity contribution in [3.63, 3.8) is 0 Å². The third-order valence-electron chi connectivity index (χ3n) is 0.389. The second-order valence-corrected chi connectivity index (χ2v) is 2.53. The van der Waals surface area contributed by atoms with Crippen molar-refractivity contribution >= 4 is 10.1 Å². The molecule has 0 saturated carbocycles. The summed E-state index contributed by atoms with van der Waals surface area (Å²) >= 11 is 0. The van der Waals surface area contributed by atoms with Crippen LogP contribution in [0, 0.1) is 0 Å². The normalized spacial score (nSPS) is 11.3. The Kier molecular flexibility index (Phi) is 8.51. The minimum Gasteiger partial charge on any atom is -0.748 e. The molecule has 0 aliphatic rings. The third-order valence-corrected chi connectivity index (χ3v) is 0.990. The van der Waals surface area contributed by atoms with Gasteiger partial charge in [0.2, 0.25) is 0 Å². The van der Waals surface area contributed by atoms with E-state index in [1.807, 2.05) is 0 Å². The van der Waals surface area contributed by atoms with Crippen LogP contribution in [0.2, 0.25) is 0 Å². The monoisotopic (exact) mass is 178 g/mol. The second-order valence-electron chi connectivity index (χ2n) is 1.09. The number of rotatable bonds is 2. The van der Waals surface area contributed by atoms with Crippen molar-refractivity contribution in [3.8, 4) is 0 Å². The van der Waals surface area contributed by atoms with Crippen LogP contribution in [-0.2, 0) is 10.1 Å². The van der Waals surface area contributed by atoms with Gasteiger partial charge in [0.1, 0.15) is 0 Å². The van der Waals surface area contributed by atoms with Gasteiger partial charge in [0.05, 0.1) is 22.2 Å². The summed E-state index contributed by atoms with van der Waals surface area (Å²) in [5.41, 5.74) is 0. The molecule has 0 aromatic rings. The number of halogens is 1. The number of hydrogen-bond donors (Lipinski definition) is 0. The summed E-state index contributed by atoms with van der Waals surface area (Å²) in [5, 5.41) is 0. The molecule has 0 radical (unpaired) electrons. The first-order valence-electron chi connectivity index (χ1n) is 1.75. The van der Waals surface area contributed by atoms with Crippen LogP contribution in [0.4, 0.5) is 4.39 Å². The molecule has 0 aromatic carbocycles. The van der Waals surface area contributed by atoms with E-state index >= 15 is 0 Å². The Labute approximate surface area is 95.5 Å². The van der Waals surface area contributed by atoms with Crippen molar-refractivity contribution in [3.05, 3.63) is 12.4 Å². The maximum absolute atomic E-state index is 10.9. The van der Waals surface area contributed by atoms with Gasteiger partial charge in [-0.05, 0) is 6.08 Å². The van der Waals surface area contributed by atoms with Crippen molar-refractivity contribution in [1.82, 2.24) is 0 Å². The fourth-order valence-corrected chi connectivity index (χ4v) is 0.463. The molecule has 0 heterocycles. The first-order chi connectivity index (χ1) is 3.56. The van der Waals surface area contributed by atoms with E-state index in [0.29, 0.717) is 6.08 Å². The Morgan fingerprint density at radius 3 is 2.11 bits per heavy atom. The van der Waals surface area contributed by atoms with Crippen molar-refractivity contribution in [2.75, 3.05) is 5.75 Å². The third kappa shape index (κ3) is 12.4. The Morgan fingerprint density at radius 2 is 2.00 bits per heavy atom. The van der Waals surface area contributed by atoms with E-state index in [1.54, 1.807) is 0 Å². The summed E-state index contributed by atoms with van der Waals surface area (Å²) < 4.78 is 39.8. The Morgan fingerprint density at radius 1 is 1.56 bits per heavy atom. The van der Waals surface area contributed by atoms with Gasteiger partial charge in [-0.3, -0.25) is 0 Å². The Bertz CT molecular complexity index is 173. The van der Waals surface area contributed by atoms with E-state index in [9.17, 15) is 17.4 Å². The van der Waals surface area contributed by atoms with Gasteiger partial charge >= 0.3 is 51.4 Å². The van der Waals surface area contributed by atoms with Gasteiger partial charge in [-0.25, -0.2) is 12.8 Å². The van der Waals surface area contributed by atoms with Crippen molar-refractivity contribution < 1.29 is 68.7 Å². The zero-order valence-corrected chi connectivity index (χ0v) is 8.81. The second kappa shape index (κ2) is 5.96. The minimum atomic E-state index is -4.26. The van der Waals surface area contributed by atoms with Crippen LogP contribution in [0.1, 0.15) is 0 Å². The molecule has 0 aromatic heterocycles. The first kappa shape index (κ1) is 12.9. The molecule has 0 atom stereocenters. The van der Waals surface area contributed by atoms with Crippen molar-refractivity contribution in [2.24, 2.45) is 0 Å². The SMILES string of the molecule is O=S(=O)([O-])CC=CF.[K+]. The predicted molar refractivity (Wildman–Crippen MR) is 24.8 cm³/mol. The van der Waals surface area contributed by atoms with E-state index in [2.05, 4.69) is 0 Å². The van der Waals surface area contributed by atoms with Crippen LogP contribution < -0.4 is 51.4 Å². The standard InChI is InChI=1S/C3H5FO3S.K/c4-2-1-3-8(5,6)7;/h1-2H,3H2,(H,5,6,7);/q;+1/p-1. The smallest absolute Gasteiger partial charge is 0.748 e. The molecule has 0 rings (SSSR count). The van der Waals surface area contributed by atoms with E-state index in [-0.39, 0.29) is 57.7 Å². The van der Waals surface area contributed by atoms with E-state index in [1.165, 1.54) is 0 Å². The summed E-state index contributed by atoms with van der Waals surface area (Å²) in [7, 11) is -4.26. The molecular formula is C3H4FKO3S. The average molecular weight is 178 g/mol. The van der Waals surface area contributed by atoms with Gasteiger partial charge in [-0.2, -0.15) is 0 Å². The van der Waals surface area contributed by atoms with E-state index < -0.39 is 15.9 Å². The van der Waals surface area contributed by atoms with Crippen molar-refractivity contribution in [2.45, 2.75) is 0 Å². The molecule has 0 unspecified atom stereocenters. The largest absolute Gasteiger partial charge is 1.00 e. The van der Waals surface area contributed by atoms with Gasteiger partial charge in [0.25, 0.3) is 0 Å². The van der Waals surface area contributed by atoms with E-state index in [4.69, 9.17) is 0 Å². The number of hydrogen-bond acceptors (Lipinski definition) is 3. The molecule has 3 nitrogen and oxygen atoms in total. The molecule has 9 heavy (non-hydrogen) atoms. The fraction of sp³-hybridized carbons (Fsp3) is 0.333. The average Bonchev–Trinajstić information content (AvgIpc) is 1.59. The molecular weight excluding hydrogens is 174 g/mol. The van der Waals surface area contributed by atoms with Gasteiger partial charge in [0.15, 0.2) is 0 Å². The topological polar surface area (TPSA) is 57.2 Å². The molecule has 0 spiro atoms. The summed E-state index contributed by atoms with van der Waals surface area (Å²) in [4.78, 5) is 0. The molecule has 48 valence electrons.